The van der Waals surface area contributed by atoms with Crippen LogP contribution in [0.3, 0.4) is 0 Å². The summed E-state index contributed by atoms with van der Waals surface area (Å²) in [6, 6.07) is 1.85. The van der Waals surface area contributed by atoms with Gasteiger partial charge in [-0.2, -0.15) is 0 Å². The lowest BCUT2D eigenvalue weighted by atomic mass is 9.92. The van der Waals surface area contributed by atoms with Gasteiger partial charge in [-0.25, -0.2) is 0 Å². The van der Waals surface area contributed by atoms with Crippen molar-refractivity contribution in [3.63, 3.8) is 0 Å². The van der Waals surface area contributed by atoms with Crippen LogP contribution in [0, 0.1) is 0 Å². The Morgan fingerprint density at radius 1 is 1.30 bits per heavy atom. The molecule has 2 aromatic rings. The highest BCUT2D eigenvalue weighted by Gasteiger charge is 2.24. The Hall–Kier alpha value is -1.69. The van der Waals surface area contributed by atoms with Gasteiger partial charge in [-0.1, -0.05) is 19.0 Å². The number of nitrogens with zero attached hydrogens (tertiary/aromatic N) is 1. The molecule has 0 spiro atoms. The smallest absolute Gasteiger partial charge is 0.230 e. The molecule has 0 unspecified atom stereocenters. The maximum atomic E-state index is 5.85. The van der Waals surface area contributed by atoms with Crippen molar-refractivity contribution in [3.05, 3.63) is 22.3 Å². The first kappa shape index (κ1) is 14.7. The lowest BCUT2D eigenvalue weighted by Gasteiger charge is -2.20. The number of nitrogen functional groups attached to an aromatic ring is 1. The highest BCUT2D eigenvalue weighted by atomic mass is 79.9. The van der Waals surface area contributed by atoms with Crippen molar-refractivity contribution in [1.29, 1.82) is 0 Å². The summed E-state index contributed by atoms with van der Waals surface area (Å²) in [5, 5.41) is 3.74. The van der Waals surface area contributed by atoms with Crippen molar-refractivity contribution in [2.75, 3.05) is 20.0 Å². The third-order valence-corrected chi connectivity index (χ3v) is 3.73. The van der Waals surface area contributed by atoms with Crippen LogP contribution in [0.4, 0.5) is 5.88 Å². The largest absolute Gasteiger partial charge is 0.493 e. The lowest BCUT2D eigenvalue weighted by Crippen LogP contribution is -2.02. The molecule has 0 amide bonds. The predicted octanol–water partition coefficient (Wildman–Crippen LogP) is 3.83. The molecule has 0 aliphatic heterocycles. The van der Waals surface area contributed by atoms with Crippen LogP contribution in [0.15, 0.2) is 21.3 Å². The van der Waals surface area contributed by atoms with E-state index >= 15 is 0 Å². The fourth-order valence-electron chi connectivity index (χ4n) is 2.25. The molecular weight excluding hydrogens is 324 g/mol. The van der Waals surface area contributed by atoms with E-state index < -0.39 is 0 Å². The number of halogens is 1. The molecule has 0 aliphatic carbocycles. The second-order valence-corrected chi connectivity index (χ2v) is 5.50. The average molecular weight is 341 g/mol. The van der Waals surface area contributed by atoms with Crippen LogP contribution in [0.1, 0.15) is 25.3 Å². The van der Waals surface area contributed by atoms with E-state index in [1.807, 2.05) is 6.07 Å². The van der Waals surface area contributed by atoms with Crippen LogP contribution in [0.2, 0.25) is 0 Å². The Kier molecular flexibility index (Phi) is 4.23. The molecule has 0 fully saturated rings. The zero-order valence-corrected chi connectivity index (χ0v) is 13.4. The maximum absolute atomic E-state index is 5.85. The fourth-order valence-corrected chi connectivity index (χ4v) is 2.89. The minimum atomic E-state index is 0.209. The third-order valence-electron chi connectivity index (χ3n) is 3.10. The number of ether oxygens (including phenoxy) is 2. The van der Waals surface area contributed by atoms with E-state index in [2.05, 4.69) is 34.9 Å². The van der Waals surface area contributed by atoms with Crippen molar-refractivity contribution in [2.24, 2.45) is 0 Å². The first-order chi connectivity index (χ1) is 9.51. The molecule has 1 heterocycles. The second kappa shape index (κ2) is 5.75. The molecule has 0 atom stereocenters. The topological polar surface area (TPSA) is 70.5 Å². The highest BCUT2D eigenvalue weighted by Crippen LogP contribution is 2.47. The summed E-state index contributed by atoms with van der Waals surface area (Å²) < 4.78 is 16.7. The van der Waals surface area contributed by atoms with Crippen molar-refractivity contribution >= 4 is 21.8 Å². The van der Waals surface area contributed by atoms with Gasteiger partial charge in [0.2, 0.25) is 5.88 Å². The molecule has 0 saturated carbocycles. The van der Waals surface area contributed by atoms with Crippen LogP contribution >= 0.6 is 15.9 Å². The first-order valence-corrected chi connectivity index (χ1v) is 6.95. The summed E-state index contributed by atoms with van der Waals surface area (Å²) >= 11 is 3.57. The standard InChI is InChI=1S/C14H17BrN2O3/c1-7(2)11-12(8-6-17-20-14(8)16)9(15)5-10(18-3)13(11)19-4/h5-7H,16H2,1-4H3. The molecular formula is C14H17BrN2O3. The van der Waals surface area contributed by atoms with E-state index in [4.69, 9.17) is 19.7 Å². The number of benzene rings is 1. The molecule has 2 N–H and O–H groups in total. The van der Waals surface area contributed by atoms with Gasteiger partial charge in [-0.3, -0.25) is 0 Å². The van der Waals surface area contributed by atoms with Crippen LogP contribution in [0.25, 0.3) is 11.1 Å². The summed E-state index contributed by atoms with van der Waals surface area (Å²) in [5.74, 6) is 1.85. The van der Waals surface area contributed by atoms with Gasteiger partial charge in [-0.15, -0.1) is 0 Å². The van der Waals surface area contributed by atoms with Gasteiger partial charge in [0.1, 0.15) is 0 Å². The molecule has 0 radical (unpaired) electrons. The van der Waals surface area contributed by atoms with Crippen LogP contribution in [-0.4, -0.2) is 19.4 Å². The second-order valence-electron chi connectivity index (χ2n) is 4.64. The lowest BCUT2D eigenvalue weighted by molar-refractivity contribution is 0.350. The van der Waals surface area contributed by atoms with Crippen molar-refractivity contribution < 1.29 is 14.0 Å². The number of hydrogen-bond donors (Lipinski definition) is 1. The molecule has 108 valence electrons. The SMILES string of the molecule is COc1cc(Br)c(-c2cnoc2N)c(C(C)C)c1OC. The van der Waals surface area contributed by atoms with Crippen molar-refractivity contribution in [2.45, 2.75) is 19.8 Å². The number of rotatable bonds is 4. The van der Waals surface area contributed by atoms with Gasteiger partial charge < -0.3 is 19.7 Å². The van der Waals surface area contributed by atoms with Gasteiger partial charge in [0, 0.05) is 15.6 Å². The molecule has 0 saturated heterocycles. The van der Waals surface area contributed by atoms with Crippen LogP contribution < -0.4 is 15.2 Å². The van der Waals surface area contributed by atoms with Crippen molar-refractivity contribution in [1.82, 2.24) is 5.16 Å². The Balaban J connectivity index is 2.83. The molecule has 2 rings (SSSR count). The molecule has 5 nitrogen and oxygen atoms in total. The van der Waals surface area contributed by atoms with Crippen LogP contribution in [-0.2, 0) is 0 Å². The summed E-state index contributed by atoms with van der Waals surface area (Å²) in [5.41, 5.74) is 8.50. The minimum absolute atomic E-state index is 0.209. The summed E-state index contributed by atoms with van der Waals surface area (Å²) in [6.45, 7) is 4.16. The number of aromatic nitrogens is 1. The van der Waals surface area contributed by atoms with Gasteiger partial charge in [0.15, 0.2) is 11.5 Å². The molecule has 0 bridgehead atoms. The van der Waals surface area contributed by atoms with E-state index in [1.54, 1.807) is 20.4 Å². The number of nitrogens with two attached hydrogens (primary N) is 1. The molecule has 0 aliphatic rings. The molecule has 6 heteroatoms. The quantitative estimate of drug-likeness (QED) is 0.915. The van der Waals surface area contributed by atoms with Gasteiger partial charge in [0.25, 0.3) is 0 Å². The minimum Gasteiger partial charge on any atom is -0.493 e. The number of hydrogen-bond acceptors (Lipinski definition) is 5. The van der Waals surface area contributed by atoms with E-state index in [0.29, 0.717) is 11.5 Å². The van der Waals surface area contributed by atoms with Crippen LogP contribution in [0.5, 0.6) is 11.5 Å². The first-order valence-electron chi connectivity index (χ1n) is 6.16. The Morgan fingerprint density at radius 2 is 2.00 bits per heavy atom. The Bertz CT molecular complexity index is 623. The van der Waals surface area contributed by atoms with Gasteiger partial charge in [0.05, 0.1) is 26.0 Å². The monoisotopic (exact) mass is 340 g/mol. The van der Waals surface area contributed by atoms with E-state index in [9.17, 15) is 0 Å². The predicted molar refractivity (Wildman–Crippen MR) is 81.2 cm³/mol. The molecule has 1 aromatic carbocycles. The maximum Gasteiger partial charge on any atom is 0.230 e. The summed E-state index contributed by atoms with van der Waals surface area (Å²) in [4.78, 5) is 0. The zero-order valence-electron chi connectivity index (χ0n) is 11.9. The average Bonchev–Trinajstić information content (AvgIpc) is 2.83. The molecule has 1 aromatic heterocycles. The normalized spacial score (nSPS) is 10.9. The summed E-state index contributed by atoms with van der Waals surface area (Å²) in [7, 11) is 3.24. The molecule has 20 heavy (non-hydrogen) atoms. The highest BCUT2D eigenvalue weighted by molar-refractivity contribution is 9.10. The fraction of sp³-hybridized carbons (Fsp3) is 0.357. The van der Waals surface area contributed by atoms with Gasteiger partial charge >= 0.3 is 0 Å². The summed E-state index contributed by atoms with van der Waals surface area (Å²) in [6.07, 6.45) is 1.60. The third kappa shape index (κ3) is 2.35. The van der Waals surface area contributed by atoms with E-state index in [1.165, 1.54) is 0 Å². The van der Waals surface area contributed by atoms with Crippen molar-refractivity contribution in [3.8, 4) is 22.6 Å². The number of anilines is 1. The van der Waals surface area contributed by atoms with E-state index in [0.717, 1.165) is 21.2 Å². The Labute approximate surface area is 126 Å². The number of methoxy groups -OCH3 is 2. The Morgan fingerprint density at radius 3 is 2.45 bits per heavy atom. The van der Waals surface area contributed by atoms with Gasteiger partial charge in [-0.05, 0) is 27.9 Å². The van der Waals surface area contributed by atoms with E-state index in [-0.39, 0.29) is 11.8 Å². The zero-order chi connectivity index (χ0) is 14.9.